The highest BCUT2D eigenvalue weighted by Crippen LogP contribution is 2.65. The van der Waals surface area contributed by atoms with E-state index in [1.165, 1.54) is 12.3 Å². The molecule has 1 aromatic heterocycles. The van der Waals surface area contributed by atoms with Crippen LogP contribution in [0.1, 0.15) is 17.7 Å². The molecule has 2 aromatic rings. The lowest BCUT2D eigenvalue weighted by Gasteiger charge is -2.37. The largest absolute Gasteiger partial charge is 0.455 e. The summed E-state index contributed by atoms with van der Waals surface area (Å²) in [6, 6.07) is 8.21. The van der Waals surface area contributed by atoms with Crippen LogP contribution in [-0.2, 0) is 9.59 Å². The number of carbonyl (C=O) groups excluding carboxylic acids is 2. The van der Waals surface area contributed by atoms with Gasteiger partial charge in [0.05, 0.1) is 23.0 Å². The molecule has 7 rings (SSSR count). The van der Waals surface area contributed by atoms with Crippen LogP contribution in [0.25, 0.3) is 11.3 Å². The second-order valence-corrected chi connectivity index (χ2v) is 8.85. The fourth-order valence-electron chi connectivity index (χ4n) is 5.71. The number of nitro benzene ring substituents is 1. The van der Waals surface area contributed by atoms with E-state index in [9.17, 15) is 19.7 Å². The topological polar surface area (TPSA) is 106 Å². The number of amides is 2. The fraction of sp³-hybridized carbons (Fsp3) is 0.348. The number of benzene rings is 1. The van der Waals surface area contributed by atoms with Crippen molar-refractivity contribution in [3.63, 3.8) is 0 Å². The van der Waals surface area contributed by atoms with E-state index in [1.54, 1.807) is 31.2 Å². The summed E-state index contributed by atoms with van der Waals surface area (Å²) in [6.45, 7) is 1.68. The maximum atomic E-state index is 12.9. The van der Waals surface area contributed by atoms with Crippen LogP contribution in [0.2, 0.25) is 0 Å². The number of nitro groups is 1. The van der Waals surface area contributed by atoms with Gasteiger partial charge in [-0.2, -0.15) is 10.1 Å². The molecule has 0 spiro atoms. The molecule has 156 valence electrons. The van der Waals surface area contributed by atoms with Crippen LogP contribution in [0.4, 0.5) is 5.69 Å². The number of imide groups is 1. The Bertz CT molecular complexity index is 1180. The smallest absolute Gasteiger partial charge is 0.273 e. The average Bonchev–Trinajstić information content (AvgIpc) is 3.39. The fourth-order valence-corrected chi connectivity index (χ4v) is 5.71. The van der Waals surface area contributed by atoms with Crippen molar-refractivity contribution in [3.8, 4) is 11.3 Å². The van der Waals surface area contributed by atoms with E-state index in [0.29, 0.717) is 34.5 Å². The Morgan fingerprint density at radius 1 is 1.10 bits per heavy atom. The molecule has 2 amide bonds. The van der Waals surface area contributed by atoms with Gasteiger partial charge in [-0.15, -0.1) is 0 Å². The molecule has 2 bridgehead atoms. The number of aryl methyl sites for hydroxylation is 1. The van der Waals surface area contributed by atoms with Gasteiger partial charge in [-0.25, -0.2) is 0 Å². The van der Waals surface area contributed by atoms with Crippen molar-refractivity contribution in [2.75, 3.05) is 0 Å². The molecule has 5 aliphatic rings. The summed E-state index contributed by atoms with van der Waals surface area (Å²) in [4.78, 5) is 36.6. The Morgan fingerprint density at radius 2 is 1.77 bits per heavy atom. The number of hydrogen-bond acceptors (Lipinski definition) is 6. The van der Waals surface area contributed by atoms with Crippen molar-refractivity contribution in [1.82, 2.24) is 5.01 Å². The molecule has 1 saturated heterocycles. The Balaban J connectivity index is 1.24. The van der Waals surface area contributed by atoms with Crippen LogP contribution in [0, 0.1) is 52.5 Å². The Kier molecular flexibility index (Phi) is 3.66. The maximum absolute atomic E-state index is 12.9. The summed E-state index contributed by atoms with van der Waals surface area (Å²) in [5.74, 6) is 1.18. The lowest BCUT2D eigenvalue weighted by Crippen LogP contribution is -2.40. The van der Waals surface area contributed by atoms with Gasteiger partial charge < -0.3 is 4.42 Å². The van der Waals surface area contributed by atoms with Crippen LogP contribution in [0.5, 0.6) is 0 Å². The molecule has 4 aliphatic carbocycles. The van der Waals surface area contributed by atoms with Crippen molar-refractivity contribution in [2.24, 2.45) is 40.6 Å². The molecular weight excluding hydrogens is 398 g/mol. The highest BCUT2D eigenvalue weighted by molar-refractivity contribution is 6.06. The third kappa shape index (κ3) is 2.57. The molecule has 8 heteroatoms. The second-order valence-electron chi connectivity index (χ2n) is 8.85. The Hall–Kier alpha value is -3.55. The third-order valence-electron chi connectivity index (χ3n) is 7.26. The van der Waals surface area contributed by atoms with Crippen LogP contribution in [-0.4, -0.2) is 28.0 Å². The van der Waals surface area contributed by atoms with Crippen molar-refractivity contribution in [1.29, 1.82) is 0 Å². The summed E-state index contributed by atoms with van der Waals surface area (Å²) in [6.07, 6.45) is 6.72. The highest BCUT2D eigenvalue weighted by atomic mass is 16.6. The number of hydrazone groups is 1. The van der Waals surface area contributed by atoms with E-state index in [0.717, 1.165) is 11.4 Å². The van der Waals surface area contributed by atoms with E-state index in [4.69, 9.17) is 4.42 Å². The number of furan rings is 1. The summed E-state index contributed by atoms with van der Waals surface area (Å²) < 4.78 is 5.74. The van der Waals surface area contributed by atoms with E-state index in [2.05, 4.69) is 17.3 Å². The molecule has 1 aliphatic heterocycles. The van der Waals surface area contributed by atoms with Crippen molar-refractivity contribution in [2.45, 2.75) is 13.3 Å². The van der Waals surface area contributed by atoms with Gasteiger partial charge in [0.1, 0.15) is 11.5 Å². The van der Waals surface area contributed by atoms with E-state index in [1.807, 2.05) is 0 Å². The molecule has 6 atom stereocenters. The molecule has 8 nitrogen and oxygen atoms in total. The van der Waals surface area contributed by atoms with Crippen molar-refractivity contribution < 1.29 is 18.9 Å². The monoisotopic (exact) mass is 417 g/mol. The van der Waals surface area contributed by atoms with Gasteiger partial charge in [0.2, 0.25) is 0 Å². The summed E-state index contributed by atoms with van der Waals surface area (Å²) >= 11 is 0. The SMILES string of the molecule is Cc1ccc(-c2ccc(C=NN3C(=O)[C@@H]4[C@H]5C=C[C@@H]([C@@H]6C[C@H]56)[C@H]4C3=O)o2)cc1[N+](=O)[O-]. The number of rotatable bonds is 4. The predicted octanol–water partition coefficient (Wildman–Crippen LogP) is 3.55. The van der Waals surface area contributed by atoms with Crippen LogP contribution >= 0.6 is 0 Å². The van der Waals surface area contributed by atoms with Crippen molar-refractivity contribution >= 4 is 23.7 Å². The number of nitrogens with zero attached hydrogens (tertiary/aromatic N) is 3. The zero-order valence-corrected chi connectivity index (χ0v) is 16.7. The van der Waals surface area contributed by atoms with Crippen LogP contribution in [0.3, 0.4) is 0 Å². The molecule has 0 radical (unpaired) electrons. The molecule has 3 fully saturated rings. The molecule has 2 saturated carbocycles. The van der Waals surface area contributed by atoms with Crippen LogP contribution < -0.4 is 0 Å². The molecule has 1 aromatic carbocycles. The number of hydrogen-bond donors (Lipinski definition) is 0. The van der Waals surface area contributed by atoms with Gasteiger partial charge in [-0.05, 0) is 49.1 Å². The van der Waals surface area contributed by atoms with Gasteiger partial charge in [-0.3, -0.25) is 19.7 Å². The van der Waals surface area contributed by atoms with Crippen molar-refractivity contribution in [3.05, 3.63) is 63.9 Å². The highest BCUT2D eigenvalue weighted by Gasteiger charge is 2.67. The summed E-state index contributed by atoms with van der Waals surface area (Å²) in [5, 5.41) is 16.4. The molecule has 0 unspecified atom stereocenters. The first kappa shape index (κ1) is 18.2. The first-order valence-electron chi connectivity index (χ1n) is 10.4. The molecule has 0 N–H and O–H groups in total. The standard InChI is InChI=1S/C23H19N3O5/c1-11-2-3-12(8-18(11)26(29)30)19-7-4-13(31-19)10-24-25-22(27)20-14-5-6-15(17-9-16(14)17)21(20)23(25)28/h2-8,10,14-17,20-21H,9H2,1H3/t14-,15-,16-,17+,20+,21+/m0/s1. The minimum Gasteiger partial charge on any atom is -0.455 e. The van der Waals surface area contributed by atoms with E-state index < -0.39 is 4.92 Å². The maximum Gasteiger partial charge on any atom is 0.273 e. The van der Waals surface area contributed by atoms with Crippen LogP contribution in [0.15, 0.2) is 52.0 Å². The Labute approximate surface area is 177 Å². The van der Waals surface area contributed by atoms with Gasteiger partial charge in [0.15, 0.2) is 0 Å². The zero-order valence-electron chi connectivity index (χ0n) is 16.7. The van der Waals surface area contributed by atoms with Gasteiger partial charge in [-0.1, -0.05) is 24.3 Å². The quantitative estimate of drug-likeness (QED) is 0.249. The van der Waals surface area contributed by atoms with E-state index >= 15 is 0 Å². The zero-order chi connectivity index (χ0) is 21.4. The minimum absolute atomic E-state index is 0.0151. The lowest BCUT2D eigenvalue weighted by atomic mass is 9.63. The number of carbonyl (C=O) groups is 2. The van der Waals surface area contributed by atoms with Gasteiger partial charge in [0, 0.05) is 17.2 Å². The predicted molar refractivity (Wildman–Crippen MR) is 110 cm³/mol. The summed E-state index contributed by atoms with van der Waals surface area (Å²) in [5.41, 5.74) is 1.15. The Morgan fingerprint density at radius 3 is 2.42 bits per heavy atom. The first-order chi connectivity index (χ1) is 14.9. The molecule has 31 heavy (non-hydrogen) atoms. The third-order valence-corrected chi connectivity index (χ3v) is 7.26. The van der Waals surface area contributed by atoms with E-state index in [-0.39, 0.29) is 41.2 Å². The molecular formula is C23H19N3O5. The molecule has 2 heterocycles. The van der Waals surface area contributed by atoms with Gasteiger partial charge >= 0.3 is 0 Å². The second kappa shape index (κ2) is 6.23. The normalized spacial score (nSPS) is 32.6. The first-order valence-corrected chi connectivity index (χ1v) is 10.4. The lowest BCUT2D eigenvalue weighted by molar-refractivity contribution is -0.385. The van der Waals surface area contributed by atoms with Gasteiger partial charge in [0.25, 0.3) is 17.5 Å². The summed E-state index contributed by atoms with van der Waals surface area (Å²) in [7, 11) is 0. The minimum atomic E-state index is -0.430. The average molecular weight is 417 g/mol. The number of allylic oxidation sites excluding steroid dienone is 2.